The molecule has 0 aliphatic carbocycles. The second-order valence-electron chi connectivity index (χ2n) is 5.68. The fourth-order valence-electron chi connectivity index (χ4n) is 2.52. The lowest BCUT2D eigenvalue weighted by Gasteiger charge is -2.09. The van der Waals surface area contributed by atoms with Gasteiger partial charge in [-0.2, -0.15) is 0 Å². The number of hydrogen-bond donors (Lipinski definition) is 1. The summed E-state index contributed by atoms with van der Waals surface area (Å²) in [4.78, 5) is 16.9. The third kappa shape index (κ3) is 2.75. The van der Waals surface area contributed by atoms with Crippen LogP contribution in [0, 0.1) is 13.8 Å². The summed E-state index contributed by atoms with van der Waals surface area (Å²) in [7, 11) is 1.72. The molecule has 4 heteroatoms. The van der Waals surface area contributed by atoms with Crippen molar-refractivity contribution in [1.29, 1.82) is 0 Å². The summed E-state index contributed by atoms with van der Waals surface area (Å²) in [6.45, 7) is 4.02. The van der Waals surface area contributed by atoms with E-state index in [1.165, 1.54) is 6.08 Å². The molecule has 1 aromatic heterocycles. The Kier molecular flexibility index (Phi) is 3.74. The van der Waals surface area contributed by atoms with Crippen LogP contribution in [-0.2, 0) is 7.05 Å². The fourth-order valence-corrected chi connectivity index (χ4v) is 2.52. The van der Waals surface area contributed by atoms with Gasteiger partial charge in [-0.25, -0.2) is 4.98 Å². The molecule has 23 heavy (non-hydrogen) atoms. The maximum Gasteiger partial charge on any atom is 0.276 e. The van der Waals surface area contributed by atoms with Gasteiger partial charge in [-0.15, -0.1) is 0 Å². The van der Waals surface area contributed by atoms with Crippen molar-refractivity contribution in [1.82, 2.24) is 9.55 Å². The van der Waals surface area contributed by atoms with E-state index in [9.17, 15) is 9.90 Å². The second-order valence-corrected chi connectivity index (χ2v) is 5.68. The van der Waals surface area contributed by atoms with E-state index in [0.717, 1.165) is 22.2 Å². The zero-order valence-corrected chi connectivity index (χ0v) is 13.4. The lowest BCUT2D eigenvalue weighted by Crippen LogP contribution is -2.21. The van der Waals surface area contributed by atoms with E-state index in [0.29, 0.717) is 5.56 Å². The molecule has 3 rings (SSSR count). The molecule has 0 saturated carbocycles. The van der Waals surface area contributed by atoms with Gasteiger partial charge in [0.2, 0.25) is 0 Å². The van der Waals surface area contributed by atoms with E-state index in [-0.39, 0.29) is 17.0 Å². The van der Waals surface area contributed by atoms with Crippen molar-refractivity contribution in [2.45, 2.75) is 13.8 Å². The van der Waals surface area contributed by atoms with Gasteiger partial charge in [0.25, 0.3) is 5.56 Å². The number of rotatable bonds is 2. The van der Waals surface area contributed by atoms with Crippen LogP contribution in [-0.4, -0.2) is 14.7 Å². The first-order valence-corrected chi connectivity index (χ1v) is 7.41. The molecule has 0 aliphatic heterocycles. The monoisotopic (exact) mass is 306 g/mol. The number of aromatic nitrogens is 2. The first kappa shape index (κ1) is 15.0. The first-order valence-electron chi connectivity index (χ1n) is 7.41. The Hall–Kier alpha value is -2.88. The number of aliphatic hydroxyl groups is 1. The van der Waals surface area contributed by atoms with Crippen molar-refractivity contribution < 1.29 is 5.11 Å². The van der Waals surface area contributed by atoms with Crippen LogP contribution in [0.3, 0.4) is 0 Å². The zero-order chi connectivity index (χ0) is 16.6. The number of benzene rings is 2. The first-order chi connectivity index (χ1) is 11.0. The number of hydrogen-bond acceptors (Lipinski definition) is 3. The third-order valence-corrected chi connectivity index (χ3v) is 4.06. The minimum Gasteiger partial charge on any atom is -0.507 e. The molecule has 1 heterocycles. The number of fused-ring (bicyclic) bond motifs is 1. The molecule has 0 unspecified atom stereocenters. The van der Waals surface area contributed by atoms with Crippen molar-refractivity contribution in [3.63, 3.8) is 0 Å². The molecule has 0 aliphatic rings. The van der Waals surface area contributed by atoms with Crippen LogP contribution in [0.5, 0.6) is 0 Å². The number of aryl methyl sites for hydroxylation is 3. The summed E-state index contributed by atoms with van der Waals surface area (Å²) in [5, 5.41) is 10.2. The molecular weight excluding hydrogens is 288 g/mol. The van der Waals surface area contributed by atoms with E-state index >= 15 is 0 Å². The van der Waals surface area contributed by atoms with Gasteiger partial charge < -0.3 is 9.67 Å². The summed E-state index contributed by atoms with van der Waals surface area (Å²) in [5.74, 6) is 0.0263. The maximum atomic E-state index is 12.5. The lowest BCUT2D eigenvalue weighted by molar-refractivity contribution is 0.515. The Morgan fingerprint density at radius 3 is 2.48 bits per heavy atom. The molecule has 3 aromatic rings. The van der Waals surface area contributed by atoms with Gasteiger partial charge in [-0.3, -0.25) is 4.79 Å². The topological polar surface area (TPSA) is 55.1 Å². The Bertz CT molecular complexity index is 970. The minimum absolute atomic E-state index is 0.0263. The van der Waals surface area contributed by atoms with Gasteiger partial charge in [0.05, 0.1) is 11.0 Å². The smallest absolute Gasteiger partial charge is 0.276 e. The van der Waals surface area contributed by atoms with E-state index < -0.39 is 0 Å². The highest BCUT2D eigenvalue weighted by molar-refractivity contribution is 5.80. The van der Waals surface area contributed by atoms with Gasteiger partial charge in [0.15, 0.2) is 0 Å². The van der Waals surface area contributed by atoms with Crippen LogP contribution in [0.4, 0.5) is 0 Å². The standard InChI is InChI=1S/C19H18N2O2/c1-12-9-15-17(10-13(12)2)21(3)19(23)16(20-15)11-18(22)14-7-5-4-6-8-14/h4-11,22H,1-3H3/b18-11-. The van der Waals surface area contributed by atoms with Crippen LogP contribution < -0.4 is 5.56 Å². The largest absolute Gasteiger partial charge is 0.507 e. The molecule has 0 saturated heterocycles. The van der Waals surface area contributed by atoms with Crippen LogP contribution in [0.25, 0.3) is 22.9 Å². The molecule has 0 fully saturated rings. The van der Waals surface area contributed by atoms with Crippen LogP contribution in [0.2, 0.25) is 0 Å². The molecular formula is C19H18N2O2. The average molecular weight is 306 g/mol. The highest BCUT2D eigenvalue weighted by Gasteiger charge is 2.10. The number of nitrogens with zero attached hydrogens (tertiary/aromatic N) is 2. The molecule has 116 valence electrons. The average Bonchev–Trinajstić information content (AvgIpc) is 2.55. The summed E-state index contributed by atoms with van der Waals surface area (Å²) < 4.78 is 1.57. The maximum absolute atomic E-state index is 12.5. The quantitative estimate of drug-likeness (QED) is 0.736. The Balaban J connectivity index is 2.21. The van der Waals surface area contributed by atoms with Crippen LogP contribution in [0.15, 0.2) is 47.3 Å². The molecule has 2 aromatic carbocycles. The normalized spacial score (nSPS) is 11.9. The Morgan fingerprint density at radius 2 is 1.78 bits per heavy atom. The van der Waals surface area contributed by atoms with E-state index in [2.05, 4.69) is 4.98 Å². The highest BCUT2D eigenvalue weighted by atomic mass is 16.3. The Morgan fingerprint density at radius 1 is 1.13 bits per heavy atom. The van der Waals surface area contributed by atoms with Crippen LogP contribution in [0.1, 0.15) is 22.4 Å². The van der Waals surface area contributed by atoms with Crippen molar-refractivity contribution >= 4 is 22.9 Å². The lowest BCUT2D eigenvalue weighted by atomic mass is 10.1. The van der Waals surface area contributed by atoms with E-state index in [1.807, 2.05) is 44.2 Å². The summed E-state index contributed by atoms with van der Waals surface area (Å²) in [6, 6.07) is 13.0. The number of aliphatic hydroxyl groups excluding tert-OH is 1. The predicted molar refractivity (Wildman–Crippen MR) is 93.4 cm³/mol. The van der Waals surface area contributed by atoms with Gasteiger partial charge >= 0.3 is 0 Å². The zero-order valence-electron chi connectivity index (χ0n) is 13.4. The molecule has 0 atom stereocenters. The van der Waals surface area contributed by atoms with Crippen LogP contribution >= 0.6 is 0 Å². The van der Waals surface area contributed by atoms with Crippen molar-refractivity contribution in [3.8, 4) is 0 Å². The SMILES string of the molecule is Cc1cc2nc(/C=C(\O)c3ccccc3)c(=O)n(C)c2cc1C. The summed E-state index contributed by atoms with van der Waals surface area (Å²) >= 11 is 0. The van der Waals surface area contributed by atoms with E-state index in [1.54, 1.807) is 23.7 Å². The molecule has 0 radical (unpaired) electrons. The van der Waals surface area contributed by atoms with Gasteiger partial charge in [-0.1, -0.05) is 30.3 Å². The van der Waals surface area contributed by atoms with Gasteiger partial charge in [-0.05, 0) is 37.1 Å². The summed E-state index contributed by atoms with van der Waals surface area (Å²) in [5.41, 5.74) is 4.40. The second kappa shape index (κ2) is 5.72. The Labute approximate surface area is 134 Å². The minimum atomic E-state index is -0.233. The van der Waals surface area contributed by atoms with Crippen molar-refractivity contribution in [2.75, 3.05) is 0 Å². The van der Waals surface area contributed by atoms with Crippen molar-refractivity contribution in [2.24, 2.45) is 7.05 Å². The highest BCUT2D eigenvalue weighted by Crippen LogP contribution is 2.18. The predicted octanol–water partition coefficient (Wildman–Crippen LogP) is 3.61. The van der Waals surface area contributed by atoms with Crippen molar-refractivity contribution in [3.05, 3.63) is 75.2 Å². The van der Waals surface area contributed by atoms with Gasteiger partial charge in [0.1, 0.15) is 11.5 Å². The third-order valence-electron chi connectivity index (χ3n) is 4.06. The van der Waals surface area contributed by atoms with E-state index in [4.69, 9.17) is 0 Å². The molecule has 0 amide bonds. The molecule has 1 N–H and O–H groups in total. The fraction of sp³-hybridized carbons (Fsp3) is 0.158. The molecule has 4 nitrogen and oxygen atoms in total. The molecule has 0 spiro atoms. The van der Waals surface area contributed by atoms with Gasteiger partial charge in [0, 0.05) is 18.7 Å². The summed E-state index contributed by atoms with van der Waals surface area (Å²) in [6.07, 6.45) is 1.42. The molecule has 0 bridgehead atoms.